The molecule has 0 amide bonds. The third kappa shape index (κ3) is 2.45. The summed E-state index contributed by atoms with van der Waals surface area (Å²) in [4.78, 5) is 0.408. The monoisotopic (exact) mass is 289 g/mol. The van der Waals surface area contributed by atoms with Crippen molar-refractivity contribution < 1.29 is 8.42 Å². The lowest BCUT2D eigenvalue weighted by Crippen LogP contribution is -2.39. The first-order valence-corrected chi connectivity index (χ1v) is 8.50. The molecule has 0 aliphatic carbocycles. The van der Waals surface area contributed by atoms with Gasteiger partial charge in [-0.15, -0.1) is 0 Å². The van der Waals surface area contributed by atoms with Crippen LogP contribution in [0.15, 0.2) is 47.4 Å². The zero-order valence-electron chi connectivity index (χ0n) is 11.6. The first-order chi connectivity index (χ1) is 9.57. The Balaban J connectivity index is 2.00. The van der Waals surface area contributed by atoms with Crippen LogP contribution >= 0.6 is 0 Å². The fourth-order valence-corrected chi connectivity index (χ4v) is 4.48. The van der Waals surface area contributed by atoms with Gasteiger partial charge in [0.15, 0.2) is 0 Å². The van der Waals surface area contributed by atoms with Crippen LogP contribution in [-0.4, -0.2) is 25.8 Å². The number of rotatable bonds is 2. The summed E-state index contributed by atoms with van der Waals surface area (Å²) in [5.74, 6) is 0.444. The summed E-state index contributed by atoms with van der Waals surface area (Å²) in [5, 5.41) is 2.04. The SMILES string of the molecule is C[C@@H]1CCCN(S(=O)(=O)c2ccc3ccccc3c2)C1. The molecule has 0 unspecified atom stereocenters. The summed E-state index contributed by atoms with van der Waals surface area (Å²) in [7, 11) is -3.35. The van der Waals surface area contributed by atoms with Crippen molar-refractivity contribution in [1.29, 1.82) is 0 Å². The Morgan fingerprint density at radius 2 is 1.85 bits per heavy atom. The molecule has 20 heavy (non-hydrogen) atoms. The standard InChI is InChI=1S/C16H19NO2S/c1-13-5-4-10-17(12-13)20(18,19)16-9-8-14-6-2-3-7-15(14)11-16/h2-3,6-9,11,13H,4-5,10,12H2,1H3/t13-/m1/s1. The lowest BCUT2D eigenvalue weighted by atomic mass is 10.0. The van der Waals surface area contributed by atoms with Crippen LogP contribution in [0.5, 0.6) is 0 Å². The van der Waals surface area contributed by atoms with E-state index < -0.39 is 10.0 Å². The van der Waals surface area contributed by atoms with E-state index in [9.17, 15) is 8.42 Å². The predicted octanol–water partition coefficient (Wildman–Crippen LogP) is 3.26. The number of nitrogens with zero attached hydrogens (tertiary/aromatic N) is 1. The maximum Gasteiger partial charge on any atom is 0.243 e. The minimum atomic E-state index is -3.35. The van der Waals surface area contributed by atoms with Gasteiger partial charge in [0.2, 0.25) is 10.0 Å². The van der Waals surface area contributed by atoms with Gasteiger partial charge in [0, 0.05) is 13.1 Å². The smallest absolute Gasteiger partial charge is 0.207 e. The average molecular weight is 289 g/mol. The molecular formula is C16H19NO2S. The van der Waals surface area contributed by atoms with Crippen LogP contribution in [0.2, 0.25) is 0 Å². The van der Waals surface area contributed by atoms with Crippen LogP contribution < -0.4 is 0 Å². The lowest BCUT2D eigenvalue weighted by Gasteiger charge is -2.30. The number of hydrogen-bond donors (Lipinski definition) is 0. The highest BCUT2D eigenvalue weighted by Crippen LogP contribution is 2.25. The van der Waals surface area contributed by atoms with Gasteiger partial charge in [-0.1, -0.05) is 37.3 Å². The van der Waals surface area contributed by atoms with Gasteiger partial charge < -0.3 is 0 Å². The summed E-state index contributed by atoms with van der Waals surface area (Å²) >= 11 is 0. The van der Waals surface area contributed by atoms with Gasteiger partial charge in [-0.2, -0.15) is 4.31 Å². The third-order valence-electron chi connectivity index (χ3n) is 3.98. The average Bonchev–Trinajstić information content (AvgIpc) is 2.46. The Morgan fingerprint density at radius 1 is 1.10 bits per heavy atom. The van der Waals surface area contributed by atoms with E-state index in [1.807, 2.05) is 30.3 Å². The Bertz CT molecular complexity index is 724. The van der Waals surface area contributed by atoms with Gasteiger partial charge in [0.05, 0.1) is 4.90 Å². The van der Waals surface area contributed by atoms with E-state index in [1.165, 1.54) is 0 Å². The van der Waals surface area contributed by atoms with Gasteiger partial charge in [-0.25, -0.2) is 8.42 Å². The Hall–Kier alpha value is -1.39. The molecule has 0 bridgehead atoms. The van der Waals surface area contributed by atoms with Crippen LogP contribution in [0, 0.1) is 5.92 Å². The van der Waals surface area contributed by atoms with Gasteiger partial charge in [-0.3, -0.25) is 0 Å². The topological polar surface area (TPSA) is 37.4 Å². The molecule has 0 N–H and O–H groups in total. The van der Waals surface area contributed by atoms with Crippen LogP contribution in [-0.2, 0) is 10.0 Å². The molecule has 1 heterocycles. The van der Waals surface area contributed by atoms with E-state index in [-0.39, 0.29) is 0 Å². The molecule has 2 aromatic carbocycles. The number of piperidine rings is 1. The van der Waals surface area contributed by atoms with Crippen molar-refractivity contribution in [1.82, 2.24) is 4.31 Å². The van der Waals surface area contributed by atoms with Gasteiger partial charge in [0.25, 0.3) is 0 Å². The molecule has 1 fully saturated rings. The zero-order chi connectivity index (χ0) is 14.2. The molecule has 4 heteroatoms. The number of benzene rings is 2. The maximum absolute atomic E-state index is 12.7. The molecule has 1 atom stereocenters. The van der Waals surface area contributed by atoms with Crippen LogP contribution in [0.3, 0.4) is 0 Å². The molecule has 0 radical (unpaired) electrons. The van der Waals surface area contributed by atoms with Gasteiger partial charge in [0.1, 0.15) is 0 Å². The van der Waals surface area contributed by atoms with E-state index in [1.54, 1.807) is 16.4 Å². The Kier molecular flexibility index (Phi) is 3.52. The minimum Gasteiger partial charge on any atom is -0.207 e. The summed E-state index contributed by atoms with van der Waals surface area (Å²) in [5.41, 5.74) is 0. The molecule has 3 nitrogen and oxygen atoms in total. The van der Waals surface area contributed by atoms with E-state index in [2.05, 4.69) is 6.92 Å². The molecule has 0 saturated carbocycles. The third-order valence-corrected chi connectivity index (χ3v) is 5.84. The Labute approximate surface area is 120 Å². The maximum atomic E-state index is 12.7. The molecular weight excluding hydrogens is 270 g/mol. The highest BCUT2D eigenvalue weighted by atomic mass is 32.2. The fraction of sp³-hybridized carbons (Fsp3) is 0.375. The second-order valence-corrected chi connectivity index (χ2v) is 7.56. The first-order valence-electron chi connectivity index (χ1n) is 7.06. The summed E-state index contributed by atoms with van der Waals surface area (Å²) in [6, 6.07) is 13.2. The molecule has 3 rings (SSSR count). The van der Waals surface area contributed by atoms with Crippen molar-refractivity contribution in [3.63, 3.8) is 0 Å². The second-order valence-electron chi connectivity index (χ2n) is 5.62. The molecule has 106 valence electrons. The number of hydrogen-bond acceptors (Lipinski definition) is 2. The van der Waals surface area contributed by atoms with Crippen molar-refractivity contribution in [2.75, 3.05) is 13.1 Å². The van der Waals surface area contributed by atoms with Crippen molar-refractivity contribution >= 4 is 20.8 Å². The zero-order valence-corrected chi connectivity index (χ0v) is 12.4. The highest BCUT2D eigenvalue weighted by molar-refractivity contribution is 7.89. The van der Waals surface area contributed by atoms with Crippen LogP contribution in [0.4, 0.5) is 0 Å². The number of fused-ring (bicyclic) bond motifs is 1. The summed E-state index contributed by atoms with van der Waals surface area (Å²) in [6.45, 7) is 3.39. The second kappa shape index (κ2) is 5.19. The van der Waals surface area contributed by atoms with Crippen LogP contribution in [0.25, 0.3) is 10.8 Å². The van der Waals surface area contributed by atoms with E-state index in [0.717, 1.165) is 23.6 Å². The number of sulfonamides is 1. The summed E-state index contributed by atoms with van der Waals surface area (Å²) in [6.07, 6.45) is 2.07. The molecule has 1 aliphatic heterocycles. The van der Waals surface area contributed by atoms with Gasteiger partial charge >= 0.3 is 0 Å². The molecule has 1 saturated heterocycles. The quantitative estimate of drug-likeness (QED) is 0.851. The van der Waals surface area contributed by atoms with Gasteiger partial charge in [-0.05, 0) is 41.7 Å². The fourth-order valence-electron chi connectivity index (χ4n) is 2.84. The van der Waals surface area contributed by atoms with E-state index >= 15 is 0 Å². The lowest BCUT2D eigenvalue weighted by molar-refractivity contribution is 0.281. The Morgan fingerprint density at radius 3 is 2.60 bits per heavy atom. The molecule has 0 aromatic heterocycles. The minimum absolute atomic E-state index is 0.408. The van der Waals surface area contributed by atoms with E-state index in [4.69, 9.17) is 0 Å². The molecule has 0 spiro atoms. The highest BCUT2D eigenvalue weighted by Gasteiger charge is 2.28. The first kappa shape index (κ1) is 13.6. The molecule has 2 aromatic rings. The van der Waals surface area contributed by atoms with Crippen LogP contribution in [0.1, 0.15) is 19.8 Å². The van der Waals surface area contributed by atoms with Crippen molar-refractivity contribution in [3.8, 4) is 0 Å². The largest absolute Gasteiger partial charge is 0.243 e. The summed E-state index contributed by atoms with van der Waals surface area (Å²) < 4.78 is 27.0. The van der Waals surface area contributed by atoms with E-state index in [0.29, 0.717) is 23.9 Å². The van der Waals surface area contributed by atoms with Crippen molar-refractivity contribution in [3.05, 3.63) is 42.5 Å². The molecule has 1 aliphatic rings. The van der Waals surface area contributed by atoms with Crippen molar-refractivity contribution in [2.24, 2.45) is 5.92 Å². The predicted molar refractivity (Wildman–Crippen MR) is 81.1 cm³/mol. The van der Waals surface area contributed by atoms with Crippen molar-refractivity contribution in [2.45, 2.75) is 24.7 Å². The normalized spacial score (nSPS) is 21.1.